The molecule has 0 aliphatic heterocycles. The Balaban J connectivity index is 1.79. The molecule has 0 bridgehead atoms. The van der Waals surface area contributed by atoms with Crippen molar-refractivity contribution in [2.24, 2.45) is 5.10 Å². The van der Waals surface area contributed by atoms with E-state index in [9.17, 15) is 20.2 Å². The molecule has 0 amide bonds. The number of hydrogen-bond acceptors (Lipinski definition) is 7. The fourth-order valence-corrected chi connectivity index (χ4v) is 2.64. The van der Waals surface area contributed by atoms with E-state index >= 15 is 0 Å². The first kappa shape index (κ1) is 19.1. The van der Waals surface area contributed by atoms with Gasteiger partial charge in [-0.05, 0) is 42.8 Å². The molecule has 0 unspecified atom stereocenters. The zero-order chi connectivity index (χ0) is 20.3. The third-order valence-electron chi connectivity index (χ3n) is 3.86. The Morgan fingerprint density at radius 3 is 2.57 bits per heavy atom. The molecule has 3 rings (SSSR count). The Bertz CT molecular complexity index is 1090. The molecule has 3 aromatic rings. The number of furan rings is 1. The normalized spacial score (nSPS) is 10.9. The topological polar surface area (TPSA) is 124 Å². The summed E-state index contributed by atoms with van der Waals surface area (Å²) in [5.74, 6) is 1.01. The largest absolute Gasteiger partial charge is 0.455 e. The highest BCUT2D eigenvalue weighted by atomic mass is 35.5. The van der Waals surface area contributed by atoms with Crippen molar-refractivity contribution in [2.45, 2.75) is 6.92 Å². The van der Waals surface area contributed by atoms with Gasteiger partial charge < -0.3 is 4.42 Å². The number of anilines is 1. The maximum atomic E-state index is 11.1. The minimum absolute atomic E-state index is 0.0179. The minimum Gasteiger partial charge on any atom is -0.455 e. The first-order valence-corrected chi connectivity index (χ1v) is 8.31. The van der Waals surface area contributed by atoms with Crippen molar-refractivity contribution in [1.82, 2.24) is 0 Å². The molecule has 0 fully saturated rings. The van der Waals surface area contributed by atoms with E-state index < -0.39 is 15.5 Å². The maximum Gasteiger partial charge on any atom is 0.301 e. The van der Waals surface area contributed by atoms with Gasteiger partial charge in [-0.3, -0.25) is 25.7 Å². The Morgan fingerprint density at radius 1 is 1.07 bits per heavy atom. The number of hydrogen-bond donors (Lipinski definition) is 1. The number of aryl methyl sites for hydroxylation is 1. The molecule has 28 heavy (non-hydrogen) atoms. The lowest BCUT2D eigenvalue weighted by Crippen LogP contribution is -1.98. The van der Waals surface area contributed by atoms with Crippen LogP contribution in [0.3, 0.4) is 0 Å². The van der Waals surface area contributed by atoms with Crippen LogP contribution in [0.5, 0.6) is 0 Å². The molecule has 0 atom stereocenters. The van der Waals surface area contributed by atoms with Crippen molar-refractivity contribution < 1.29 is 14.3 Å². The molecule has 142 valence electrons. The summed E-state index contributed by atoms with van der Waals surface area (Å²) >= 11 is 6.02. The highest BCUT2D eigenvalue weighted by molar-refractivity contribution is 6.30. The second-order valence-electron chi connectivity index (χ2n) is 5.75. The van der Waals surface area contributed by atoms with Crippen LogP contribution in [0.4, 0.5) is 17.1 Å². The van der Waals surface area contributed by atoms with Crippen molar-refractivity contribution in [3.05, 3.63) is 85.1 Å². The smallest absolute Gasteiger partial charge is 0.301 e. The number of benzene rings is 2. The van der Waals surface area contributed by atoms with E-state index in [1.54, 1.807) is 24.3 Å². The lowest BCUT2D eigenvalue weighted by atomic mass is 10.1. The fraction of sp³-hybridized carbons (Fsp3) is 0.0556. The molecule has 0 aliphatic rings. The van der Waals surface area contributed by atoms with Gasteiger partial charge in [-0.25, -0.2) is 0 Å². The average molecular weight is 401 g/mol. The summed E-state index contributed by atoms with van der Waals surface area (Å²) in [7, 11) is 0. The van der Waals surface area contributed by atoms with Gasteiger partial charge in [0.1, 0.15) is 17.2 Å². The van der Waals surface area contributed by atoms with Gasteiger partial charge in [-0.2, -0.15) is 5.10 Å². The van der Waals surface area contributed by atoms with Crippen LogP contribution in [0, 0.1) is 27.2 Å². The molecule has 9 nitrogen and oxygen atoms in total. The van der Waals surface area contributed by atoms with Crippen LogP contribution < -0.4 is 5.43 Å². The lowest BCUT2D eigenvalue weighted by molar-refractivity contribution is -0.393. The molecule has 1 heterocycles. The van der Waals surface area contributed by atoms with Gasteiger partial charge in [0.05, 0.1) is 22.1 Å². The number of nitro groups is 2. The predicted molar refractivity (Wildman–Crippen MR) is 105 cm³/mol. The van der Waals surface area contributed by atoms with E-state index in [1.165, 1.54) is 12.3 Å². The highest BCUT2D eigenvalue weighted by Crippen LogP contribution is 2.30. The van der Waals surface area contributed by atoms with Crippen molar-refractivity contribution in [1.29, 1.82) is 0 Å². The molecule has 1 aromatic heterocycles. The number of non-ortho nitro benzene ring substituents is 1. The molecular formula is C18H13ClN4O5. The van der Waals surface area contributed by atoms with Gasteiger partial charge in [-0.1, -0.05) is 17.7 Å². The van der Waals surface area contributed by atoms with E-state index in [2.05, 4.69) is 10.5 Å². The molecule has 2 aromatic carbocycles. The van der Waals surface area contributed by atoms with Crippen LogP contribution in [0.15, 0.2) is 58.0 Å². The quantitative estimate of drug-likeness (QED) is 0.345. The van der Waals surface area contributed by atoms with Gasteiger partial charge in [-0.15, -0.1) is 0 Å². The van der Waals surface area contributed by atoms with E-state index in [0.717, 1.165) is 23.3 Å². The summed E-state index contributed by atoms with van der Waals surface area (Å²) in [5, 5.41) is 26.4. The number of nitro benzene ring substituents is 2. The van der Waals surface area contributed by atoms with Crippen molar-refractivity contribution in [2.75, 3.05) is 5.43 Å². The summed E-state index contributed by atoms with van der Waals surface area (Å²) in [6, 6.07) is 12.1. The molecule has 0 saturated heterocycles. The van der Waals surface area contributed by atoms with E-state index in [4.69, 9.17) is 16.0 Å². The highest BCUT2D eigenvalue weighted by Gasteiger charge is 2.19. The van der Waals surface area contributed by atoms with E-state index in [1.807, 2.05) is 13.0 Å². The van der Waals surface area contributed by atoms with E-state index in [0.29, 0.717) is 16.5 Å². The number of rotatable bonds is 6. The van der Waals surface area contributed by atoms with Gasteiger partial charge in [0, 0.05) is 16.7 Å². The van der Waals surface area contributed by atoms with E-state index in [-0.39, 0.29) is 11.4 Å². The minimum atomic E-state index is -0.724. The van der Waals surface area contributed by atoms with Crippen LogP contribution >= 0.6 is 11.6 Å². The SMILES string of the molecule is Cc1ccc(Cl)cc1-c1ccc(C=NNc2ccc([N+](=O)[O-])cc2[N+](=O)[O-])o1. The first-order chi connectivity index (χ1) is 13.3. The number of halogens is 1. The molecule has 10 heteroatoms. The standard InChI is InChI=1S/C18H13ClN4O5/c1-11-2-3-12(19)8-15(11)18-7-5-14(28-18)10-20-21-16-6-4-13(22(24)25)9-17(16)23(26)27/h2-10,21H,1H3. The summed E-state index contributed by atoms with van der Waals surface area (Å²) < 4.78 is 5.70. The predicted octanol–water partition coefficient (Wildman–Crippen LogP) is 5.17. The van der Waals surface area contributed by atoms with Crippen LogP contribution in [-0.2, 0) is 0 Å². The molecule has 1 N–H and O–H groups in total. The third kappa shape index (κ3) is 4.15. The average Bonchev–Trinajstić information content (AvgIpc) is 3.12. The zero-order valence-corrected chi connectivity index (χ0v) is 15.2. The Labute approximate surface area is 163 Å². The van der Waals surface area contributed by atoms with Gasteiger partial charge in [0.15, 0.2) is 0 Å². The van der Waals surface area contributed by atoms with Crippen LogP contribution in [0.2, 0.25) is 5.02 Å². The number of nitrogens with one attached hydrogen (secondary N) is 1. The Hall–Kier alpha value is -3.72. The summed E-state index contributed by atoms with van der Waals surface area (Å²) in [6.45, 7) is 1.93. The van der Waals surface area contributed by atoms with Crippen molar-refractivity contribution in [3.8, 4) is 11.3 Å². The lowest BCUT2D eigenvalue weighted by Gasteiger charge is -2.03. The fourth-order valence-electron chi connectivity index (χ4n) is 2.47. The molecule has 0 aliphatic carbocycles. The molecule has 0 radical (unpaired) electrons. The molecular weight excluding hydrogens is 388 g/mol. The molecule has 0 spiro atoms. The second kappa shape index (κ2) is 7.89. The summed E-state index contributed by atoms with van der Waals surface area (Å²) in [4.78, 5) is 20.4. The zero-order valence-electron chi connectivity index (χ0n) is 14.5. The number of nitrogens with zero attached hydrogens (tertiary/aromatic N) is 3. The second-order valence-corrected chi connectivity index (χ2v) is 6.18. The van der Waals surface area contributed by atoms with Crippen LogP contribution in [-0.4, -0.2) is 16.1 Å². The Morgan fingerprint density at radius 2 is 1.86 bits per heavy atom. The Kier molecular flexibility index (Phi) is 5.37. The van der Waals surface area contributed by atoms with Gasteiger partial charge in [0.25, 0.3) is 5.69 Å². The third-order valence-corrected chi connectivity index (χ3v) is 4.09. The monoisotopic (exact) mass is 400 g/mol. The van der Waals surface area contributed by atoms with Crippen LogP contribution in [0.1, 0.15) is 11.3 Å². The maximum absolute atomic E-state index is 11.1. The molecule has 0 saturated carbocycles. The summed E-state index contributed by atoms with van der Waals surface area (Å²) in [5.41, 5.74) is 3.51. The van der Waals surface area contributed by atoms with Crippen LogP contribution in [0.25, 0.3) is 11.3 Å². The number of hydrazone groups is 1. The summed E-state index contributed by atoms with van der Waals surface area (Å²) in [6.07, 6.45) is 1.34. The first-order valence-electron chi connectivity index (χ1n) is 7.93. The van der Waals surface area contributed by atoms with Gasteiger partial charge >= 0.3 is 5.69 Å². The van der Waals surface area contributed by atoms with Gasteiger partial charge in [0.2, 0.25) is 0 Å². The van der Waals surface area contributed by atoms with Crippen molar-refractivity contribution >= 4 is 34.9 Å². The van der Waals surface area contributed by atoms with Crippen molar-refractivity contribution in [3.63, 3.8) is 0 Å².